The lowest BCUT2D eigenvalue weighted by Crippen LogP contribution is -2.61. The van der Waals surface area contributed by atoms with Gasteiger partial charge in [0.2, 0.25) is 35.4 Å². The van der Waals surface area contributed by atoms with Crippen LogP contribution in [0.1, 0.15) is 88.1 Å². The number of aromatic hydroxyl groups is 1. The van der Waals surface area contributed by atoms with Crippen LogP contribution in [0.2, 0.25) is 0 Å². The van der Waals surface area contributed by atoms with Crippen LogP contribution in [0.3, 0.4) is 0 Å². The number of ether oxygens (including phenoxy) is 1. The third-order valence-corrected chi connectivity index (χ3v) is 14.3. The van der Waals surface area contributed by atoms with E-state index in [2.05, 4.69) is 33.5 Å². The molecular formula is C57H72N8O12. The maximum atomic E-state index is 14.4. The van der Waals surface area contributed by atoms with Crippen LogP contribution >= 0.6 is 0 Å². The van der Waals surface area contributed by atoms with E-state index in [0.29, 0.717) is 12.2 Å². The second-order valence-corrected chi connectivity index (χ2v) is 20.3. The van der Waals surface area contributed by atoms with Gasteiger partial charge < -0.3 is 67.3 Å². The van der Waals surface area contributed by atoms with E-state index in [1.807, 2.05) is 48.5 Å². The number of amides is 7. The zero-order valence-corrected chi connectivity index (χ0v) is 43.7. The molecule has 20 heteroatoms. The summed E-state index contributed by atoms with van der Waals surface area (Å²) in [5.74, 6) is -4.76. The summed E-state index contributed by atoms with van der Waals surface area (Å²) < 4.78 is 5.86. The van der Waals surface area contributed by atoms with E-state index < -0.39 is 102 Å². The molecule has 10 atom stereocenters. The Balaban J connectivity index is 1.11. The minimum atomic E-state index is -1.68. The fourth-order valence-corrected chi connectivity index (χ4v) is 9.92. The molecule has 0 saturated carbocycles. The van der Waals surface area contributed by atoms with Crippen molar-refractivity contribution >= 4 is 41.4 Å². The Bertz CT molecular complexity index is 2690. The molecule has 0 spiro atoms. The molecular weight excluding hydrogens is 989 g/mol. The first-order valence-corrected chi connectivity index (χ1v) is 26.5. The number of aryl methyl sites for hydroxylation is 1. The summed E-state index contributed by atoms with van der Waals surface area (Å²) in [7, 11) is 0. The molecule has 0 unspecified atom stereocenters. The highest BCUT2D eigenvalue weighted by molar-refractivity contribution is 6.00. The van der Waals surface area contributed by atoms with Crippen molar-refractivity contribution in [1.82, 2.24) is 36.4 Å². The number of unbranched alkanes of at least 4 members (excludes halogenated alkanes) is 2. The lowest BCUT2D eigenvalue weighted by Gasteiger charge is -2.32. The molecule has 77 heavy (non-hydrogen) atoms. The average molecular weight is 1060 g/mol. The molecule has 7 amide bonds. The molecule has 3 aliphatic rings. The summed E-state index contributed by atoms with van der Waals surface area (Å²) in [6.07, 6.45) is -1.12. The number of hydrogen-bond donors (Lipinski definition) is 10. The molecule has 11 N–H and O–H groups in total. The van der Waals surface area contributed by atoms with Crippen LogP contribution in [0.4, 0.5) is 0 Å². The Morgan fingerprint density at radius 2 is 1.25 bits per heavy atom. The van der Waals surface area contributed by atoms with E-state index in [9.17, 15) is 54.0 Å². The number of benzene rings is 4. The Morgan fingerprint density at radius 1 is 0.701 bits per heavy atom. The number of carbonyl (C=O) groups excluding carboxylic acids is 7. The van der Waals surface area contributed by atoms with Crippen LogP contribution in [0, 0.1) is 0 Å². The first kappa shape index (κ1) is 57.3. The van der Waals surface area contributed by atoms with Gasteiger partial charge in [0.15, 0.2) is 0 Å². The fourth-order valence-electron chi connectivity index (χ4n) is 9.92. The van der Waals surface area contributed by atoms with Gasteiger partial charge in [0.05, 0.1) is 24.9 Å². The van der Waals surface area contributed by atoms with Crippen molar-refractivity contribution in [1.29, 1.82) is 0 Å². The van der Waals surface area contributed by atoms with Gasteiger partial charge in [-0.2, -0.15) is 0 Å². The standard InChI is InChI=1S/C57H72N8O12/c1-4-5-6-28-77-44-24-20-39(21-25-44)37-14-12-36(13-15-37)38-16-18-40(19-17-38)51(70)60-45-8-7-27-59-54(73)47-29-41(58)31-64(47)56(75)49(33(2)66)63-53(72)46(26-11-35-9-22-42(68)23-10-35)61-55(74)48-30-43(69)32-65(48)57(76)50(34(3)67)62-52(45)71/h9-10,12-25,33-34,41,43,45-50,66-69H,4-8,11,26-32,58H2,1-3H3,(H,59,73)(H,60,70)(H,61,74)(H,62,71)(H,63,72)/t33-,34-,41+,43-,45-,46+,47+,48+,49+,50+/m1/s1. The molecule has 7 rings (SSSR count). The van der Waals surface area contributed by atoms with Crippen molar-refractivity contribution in [2.75, 3.05) is 26.2 Å². The SMILES string of the molecule is CCCCCOc1ccc(-c2ccc(-c3ccc(C(=O)N[C@@H]4CCCNC(=O)[C@@H]5C[C@H](N)CN5C(=O)[C@H]([C@@H](C)O)NC(=O)[C@H](CCc5ccc(O)cc5)NC(=O)[C@@H]5C[C@@H](O)CN5C(=O)[C@H]([C@@H](C)O)NC4=O)cc3)cc2)cc1. The van der Waals surface area contributed by atoms with E-state index in [1.54, 1.807) is 36.4 Å². The predicted molar refractivity (Wildman–Crippen MR) is 286 cm³/mol. The number of hydrogen-bond acceptors (Lipinski definition) is 13. The summed E-state index contributed by atoms with van der Waals surface area (Å²) in [6, 6.07) is 19.7. The van der Waals surface area contributed by atoms with E-state index in [0.717, 1.165) is 52.2 Å². The number of nitrogens with one attached hydrogen (secondary N) is 5. The zero-order valence-electron chi connectivity index (χ0n) is 43.7. The molecule has 3 heterocycles. The van der Waals surface area contributed by atoms with Gasteiger partial charge in [-0.3, -0.25) is 33.6 Å². The highest BCUT2D eigenvalue weighted by Crippen LogP contribution is 2.28. The van der Waals surface area contributed by atoms with Crippen molar-refractivity contribution in [2.24, 2.45) is 5.73 Å². The molecule has 4 aromatic rings. The zero-order chi connectivity index (χ0) is 55.3. The first-order chi connectivity index (χ1) is 36.9. The van der Waals surface area contributed by atoms with Crippen molar-refractivity contribution in [3.63, 3.8) is 0 Å². The third-order valence-electron chi connectivity index (χ3n) is 14.3. The maximum Gasteiger partial charge on any atom is 0.251 e. The first-order valence-electron chi connectivity index (χ1n) is 26.5. The van der Waals surface area contributed by atoms with Crippen LogP contribution in [-0.2, 0) is 35.2 Å². The molecule has 4 aromatic carbocycles. The van der Waals surface area contributed by atoms with Crippen LogP contribution in [0.25, 0.3) is 22.3 Å². The molecule has 0 aromatic heterocycles. The van der Waals surface area contributed by atoms with Crippen molar-refractivity contribution in [3.05, 3.63) is 108 Å². The molecule has 0 radical (unpaired) electrons. The number of fused-ring (bicyclic) bond motifs is 2. The third kappa shape index (κ3) is 15.0. The largest absolute Gasteiger partial charge is 0.508 e. The van der Waals surface area contributed by atoms with E-state index in [4.69, 9.17) is 10.5 Å². The monoisotopic (exact) mass is 1060 g/mol. The Hall–Kier alpha value is -7.39. The van der Waals surface area contributed by atoms with E-state index >= 15 is 0 Å². The molecule has 0 bridgehead atoms. The molecule has 412 valence electrons. The van der Waals surface area contributed by atoms with Crippen molar-refractivity contribution in [2.45, 2.75) is 139 Å². The van der Waals surface area contributed by atoms with Crippen LogP contribution in [-0.4, -0.2) is 158 Å². The van der Waals surface area contributed by atoms with Gasteiger partial charge in [-0.05, 0) is 117 Å². The fraction of sp³-hybridized carbons (Fsp3) is 0.456. The van der Waals surface area contributed by atoms with Crippen molar-refractivity contribution < 1.29 is 58.7 Å². The predicted octanol–water partition coefficient (Wildman–Crippen LogP) is 2.04. The molecule has 3 fully saturated rings. The minimum Gasteiger partial charge on any atom is -0.508 e. The average Bonchev–Trinajstić information content (AvgIpc) is 4.06. The highest BCUT2D eigenvalue weighted by atomic mass is 16.5. The number of phenols is 1. The highest BCUT2D eigenvalue weighted by Gasteiger charge is 2.46. The topological polar surface area (TPSA) is 302 Å². The summed E-state index contributed by atoms with van der Waals surface area (Å²) in [5.41, 5.74) is 10.9. The van der Waals surface area contributed by atoms with E-state index in [-0.39, 0.29) is 69.5 Å². The molecule has 3 aliphatic heterocycles. The quantitative estimate of drug-likeness (QED) is 0.0811. The Morgan fingerprint density at radius 3 is 1.83 bits per heavy atom. The Kier molecular flexibility index (Phi) is 19.8. The van der Waals surface area contributed by atoms with Gasteiger partial charge in [0.1, 0.15) is 47.8 Å². The lowest BCUT2D eigenvalue weighted by molar-refractivity contribution is -0.145. The summed E-state index contributed by atoms with van der Waals surface area (Å²) in [4.78, 5) is 101. The smallest absolute Gasteiger partial charge is 0.251 e. The van der Waals surface area contributed by atoms with Gasteiger partial charge in [-0.15, -0.1) is 0 Å². The number of aliphatic hydroxyl groups excluding tert-OH is 3. The molecule has 0 aliphatic carbocycles. The summed E-state index contributed by atoms with van der Waals surface area (Å²) in [5, 5.41) is 56.0. The number of carbonyl (C=O) groups is 7. The molecule has 3 saturated heterocycles. The Labute approximate surface area is 448 Å². The lowest BCUT2D eigenvalue weighted by atomic mass is 9.99. The van der Waals surface area contributed by atoms with Crippen LogP contribution in [0.5, 0.6) is 11.5 Å². The summed E-state index contributed by atoms with van der Waals surface area (Å²) in [6.45, 7) is 4.87. The number of nitrogens with zero attached hydrogens (tertiary/aromatic N) is 2. The second-order valence-electron chi connectivity index (χ2n) is 20.3. The van der Waals surface area contributed by atoms with Gasteiger partial charge in [0, 0.05) is 37.7 Å². The van der Waals surface area contributed by atoms with Crippen LogP contribution < -0.4 is 37.1 Å². The number of nitrogens with two attached hydrogens (primary N) is 1. The maximum absolute atomic E-state index is 14.4. The number of phenolic OH excluding ortho intramolecular Hbond substituents is 1. The minimum absolute atomic E-state index is 0.00318. The van der Waals surface area contributed by atoms with Gasteiger partial charge in [0.25, 0.3) is 5.91 Å². The number of rotatable bonds is 14. The van der Waals surface area contributed by atoms with Gasteiger partial charge in [-0.1, -0.05) is 80.4 Å². The van der Waals surface area contributed by atoms with Crippen molar-refractivity contribution in [3.8, 4) is 33.8 Å². The molecule has 20 nitrogen and oxygen atoms in total. The summed E-state index contributed by atoms with van der Waals surface area (Å²) >= 11 is 0. The van der Waals surface area contributed by atoms with E-state index in [1.165, 1.54) is 30.9 Å². The van der Waals surface area contributed by atoms with Crippen LogP contribution in [0.15, 0.2) is 97.1 Å². The van der Waals surface area contributed by atoms with Gasteiger partial charge >= 0.3 is 0 Å². The second kappa shape index (κ2) is 26.6. The number of aliphatic hydroxyl groups is 3. The van der Waals surface area contributed by atoms with Gasteiger partial charge in [-0.25, -0.2) is 0 Å². The normalized spacial score (nSPS) is 24.8.